The second kappa shape index (κ2) is 6.03. The Morgan fingerprint density at radius 1 is 1.18 bits per heavy atom. The van der Waals surface area contributed by atoms with Crippen molar-refractivity contribution in [3.8, 4) is 0 Å². The van der Waals surface area contributed by atoms with Crippen LogP contribution in [0.1, 0.15) is 51.4 Å². The predicted octanol–water partition coefficient (Wildman–Crippen LogP) is 1.59. The van der Waals surface area contributed by atoms with Gasteiger partial charge in [-0.25, -0.2) is 0 Å². The van der Waals surface area contributed by atoms with Gasteiger partial charge in [0, 0.05) is 24.9 Å². The maximum Gasteiger partial charge on any atom is 0.220 e. The molecule has 3 N–H and O–H groups in total. The van der Waals surface area contributed by atoms with E-state index in [0.29, 0.717) is 6.04 Å². The molecule has 0 aromatic carbocycles. The Labute approximate surface area is 103 Å². The first kappa shape index (κ1) is 12.4. The van der Waals surface area contributed by atoms with Crippen molar-refractivity contribution in [3.05, 3.63) is 0 Å². The van der Waals surface area contributed by atoms with Crippen LogP contribution >= 0.6 is 0 Å². The molecule has 4 heteroatoms. The fourth-order valence-corrected chi connectivity index (χ4v) is 2.75. The minimum atomic E-state index is -0.129. The Balaban J connectivity index is 1.77. The minimum absolute atomic E-state index is 0.101. The molecule has 1 heterocycles. The minimum Gasteiger partial charge on any atom is -0.371 e. The molecule has 0 aromatic heterocycles. The number of carbonyl (C=O) groups excluding carboxylic acids is 1. The summed E-state index contributed by atoms with van der Waals surface area (Å²) in [5.41, 5.74) is 5.33. The molecule has 1 aliphatic carbocycles. The van der Waals surface area contributed by atoms with Crippen LogP contribution in [0.15, 0.2) is 4.99 Å². The second-order valence-corrected chi connectivity index (χ2v) is 5.23. The zero-order chi connectivity index (χ0) is 12.1. The lowest BCUT2D eigenvalue weighted by molar-refractivity contribution is -0.122. The normalized spacial score (nSPS) is 30.2. The van der Waals surface area contributed by atoms with Gasteiger partial charge in [-0.05, 0) is 38.5 Å². The van der Waals surface area contributed by atoms with Crippen LogP contribution in [0.5, 0.6) is 0 Å². The van der Waals surface area contributed by atoms with Gasteiger partial charge in [0.1, 0.15) is 0 Å². The van der Waals surface area contributed by atoms with Crippen LogP contribution in [0, 0.1) is 5.92 Å². The van der Waals surface area contributed by atoms with E-state index in [9.17, 15) is 4.79 Å². The number of amides is 1. The number of hydrogen-bond donors (Lipinski definition) is 2. The average Bonchev–Trinajstić information content (AvgIpc) is 2.58. The summed E-state index contributed by atoms with van der Waals surface area (Å²) in [6.07, 6.45) is 8.82. The first-order valence-electron chi connectivity index (χ1n) is 6.85. The average molecular weight is 237 g/mol. The second-order valence-electron chi connectivity index (χ2n) is 5.23. The summed E-state index contributed by atoms with van der Waals surface area (Å²) in [4.78, 5) is 15.7. The van der Waals surface area contributed by atoms with Crippen LogP contribution in [0.25, 0.3) is 0 Å². The molecule has 2 aliphatic rings. The van der Waals surface area contributed by atoms with Crippen molar-refractivity contribution >= 4 is 11.7 Å². The van der Waals surface area contributed by atoms with Crippen molar-refractivity contribution in [2.45, 2.75) is 57.4 Å². The Kier molecular flexibility index (Phi) is 4.40. The van der Waals surface area contributed by atoms with Crippen molar-refractivity contribution in [1.82, 2.24) is 5.32 Å². The largest absolute Gasteiger partial charge is 0.371 e. The zero-order valence-corrected chi connectivity index (χ0v) is 10.5. The lowest BCUT2D eigenvalue weighted by Gasteiger charge is -2.28. The molecule has 1 amide bonds. The molecule has 0 spiro atoms. The Bertz CT molecular complexity index is 293. The number of primary amides is 1. The van der Waals surface area contributed by atoms with E-state index in [1.165, 1.54) is 25.1 Å². The standard InChI is InChI=1S/C13H23N3O/c14-13(17)10-5-7-11(8-6-10)16-12-4-2-1-3-9-15-12/h10-11H,1-9H2,(H2,14,17)(H,15,16). The molecular formula is C13H23N3O. The molecule has 2 rings (SSSR count). The number of hydrogen-bond acceptors (Lipinski definition) is 3. The van der Waals surface area contributed by atoms with Gasteiger partial charge in [0.25, 0.3) is 0 Å². The van der Waals surface area contributed by atoms with Crippen molar-refractivity contribution in [2.24, 2.45) is 16.6 Å². The number of amidine groups is 1. The van der Waals surface area contributed by atoms with Crippen LogP contribution in [0.4, 0.5) is 0 Å². The molecular weight excluding hydrogens is 214 g/mol. The molecule has 0 saturated heterocycles. The van der Waals surface area contributed by atoms with Crippen molar-refractivity contribution < 1.29 is 4.79 Å². The van der Waals surface area contributed by atoms with Gasteiger partial charge in [-0.2, -0.15) is 0 Å². The van der Waals surface area contributed by atoms with E-state index < -0.39 is 0 Å². The number of rotatable bonds is 2. The quantitative estimate of drug-likeness (QED) is 0.766. The smallest absolute Gasteiger partial charge is 0.220 e. The summed E-state index contributed by atoms with van der Waals surface area (Å²) < 4.78 is 0. The maximum absolute atomic E-state index is 11.1. The number of carbonyl (C=O) groups is 1. The fourth-order valence-electron chi connectivity index (χ4n) is 2.75. The molecule has 96 valence electrons. The van der Waals surface area contributed by atoms with Crippen LogP contribution in [0.3, 0.4) is 0 Å². The highest BCUT2D eigenvalue weighted by Gasteiger charge is 2.25. The van der Waals surface area contributed by atoms with E-state index in [1.807, 2.05) is 0 Å². The van der Waals surface area contributed by atoms with E-state index in [4.69, 9.17) is 5.73 Å². The van der Waals surface area contributed by atoms with E-state index in [2.05, 4.69) is 10.3 Å². The summed E-state index contributed by atoms with van der Waals surface area (Å²) in [6, 6.07) is 0.502. The first-order chi connectivity index (χ1) is 8.25. The topological polar surface area (TPSA) is 67.5 Å². The maximum atomic E-state index is 11.1. The SMILES string of the molecule is NC(=O)C1CCC(NC2=NCCCCC2)CC1. The van der Waals surface area contributed by atoms with Gasteiger partial charge in [-0.15, -0.1) is 0 Å². The van der Waals surface area contributed by atoms with Crippen LogP contribution in [-0.4, -0.2) is 24.3 Å². The van der Waals surface area contributed by atoms with Gasteiger partial charge < -0.3 is 11.1 Å². The summed E-state index contributed by atoms with van der Waals surface area (Å²) >= 11 is 0. The molecule has 0 aromatic rings. The molecule has 1 aliphatic heterocycles. The molecule has 1 fully saturated rings. The number of nitrogens with two attached hydrogens (primary N) is 1. The predicted molar refractivity (Wildman–Crippen MR) is 68.8 cm³/mol. The Hall–Kier alpha value is -1.06. The van der Waals surface area contributed by atoms with Crippen molar-refractivity contribution in [1.29, 1.82) is 0 Å². The summed E-state index contributed by atoms with van der Waals surface area (Å²) in [7, 11) is 0. The number of aliphatic imine (C=N–C) groups is 1. The van der Waals surface area contributed by atoms with Gasteiger partial charge in [0.2, 0.25) is 5.91 Å². The number of nitrogens with one attached hydrogen (secondary N) is 1. The third-order valence-corrected chi connectivity index (χ3v) is 3.87. The first-order valence-corrected chi connectivity index (χ1v) is 6.85. The van der Waals surface area contributed by atoms with Gasteiger partial charge in [0.05, 0.1) is 5.84 Å². The fraction of sp³-hybridized carbons (Fsp3) is 0.846. The highest BCUT2D eigenvalue weighted by Crippen LogP contribution is 2.24. The number of nitrogens with zero attached hydrogens (tertiary/aromatic N) is 1. The van der Waals surface area contributed by atoms with Gasteiger partial charge in [0.15, 0.2) is 0 Å². The van der Waals surface area contributed by atoms with E-state index in [0.717, 1.165) is 38.6 Å². The van der Waals surface area contributed by atoms with E-state index >= 15 is 0 Å². The summed E-state index contributed by atoms with van der Waals surface area (Å²) in [5, 5.41) is 3.56. The third-order valence-electron chi connectivity index (χ3n) is 3.87. The van der Waals surface area contributed by atoms with E-state index in [-0.39, 0.29) is 11.8 Å². The Morgan fingerprint density at radius 2 is 1.94 bits per heavy atom. The molecule has 0 atom stereocenters. The zero-order valence-electron chi connectivity index (χ0n) is 10.5. The summed E-state index contributed by atoms with van der Waals surface area (Å²) in [5.74, 6) is 1.16. The van der Waals surface area contributed by atoms with Crippen LogP contribution < -0.4 is 11.1 Å². The summed E-state index contributed by atoms with van der Waals surface area (Å²) in [6.45, 7) is 0.971. The molecule has 17 heavy (non-hydrogen) atoms. The molecule has 1 saturated carbocycles. The van der Waals surface area contributed by atoms with Crippen molar-refractivity contribution in [3.63, 3.8) is 0 Å². The Morgan fingerprint density at radius 3 is 2.65 bits per heavy atom. The lowest BCUT2D eigenvalue weighted by Crippen LogP contribution is -2.39. The van der Waals surface area contributed by atoms with Gasteiger partial charge in [-0.1, -0.05) is 6.42 Å². The third kappa shape index (κ3) is 3.72. The molecule has 4 nitrogen and oxygen atoms in total. The molecule has 0 bridgehead atoms. The van der Waals surface area contributed by atoms with Gasteiger partial charge in [-0.3, -0.25) is 9.79 Å². The monoisotopic (exact) mass is 237 g/mol. The molecule has 0 unspecified atom stereocenters. The molecule has 0 radical (unpaired) electrons. The van der Waals surface area contributed by atoms with Crippen LogP contribution in [-0.2, 0) is 4.79 Å². The van der Waals surface area contributed by atoms with Crippen LogP contribution in [0.2, 0.25) is 0 Å². The highest BCUT2D eigenvalue weighted by atomic mass is 16.1. The van der Waals surface area contributed by atoms with Crippen molar-refractivity contribution in [2.75, 3.05) is 6.54 Å². The lowest BCUT2D eigenvalue weighted by atomic mass is 9.85. The van der Waals surface area contributed by atoms with Gasteiger partial charge >= 0.3 is 0 Å². The highest BCUT2D eigenvalue weighted by molar-refractivity contribution is 5.82. The van der Waals surface area contributed by atoms with E-state index in [1.54, 1.807) is 0 Å².